The van der Waals surface area contributed by atoms with Crippen molar-refractivity contribution in [2.45, 2.75) is 157 Å². The predicted molar refractivity (Wildman–Crippen MR) is 300 cm³/mol. The number of benzene rings is 6. The third kappa shape index (κ3) is 9.27. The van der Waals surface area contributed by atoms with Gasteiger partial charge in [0.05, 0.1) is 28.0 Å². The molecule has 6 aromatic carbocycles. The molecule has 0 bridgehead atoms. The molecule has 0 aliphatic carbocycles. The highest BCUT2D eigenvalue weighted by atomic mass is 16.3. The molecule has 0 aliphatic heterocycles. The van der Waals surface area contributed by atoms with Gasteiger partial charge in [-0.05, 0) is 177 Å². The minimum Gasteiger partial charge on any atom is -0.507 e. The number of fused-ring (bicyclic) bond motifs is 1. The second kappa shape index (κ2) is 19.5. The van der Waals surface area contributed by atoms with Crippen LogP contribution in [0.5, 0.6) is 5.75 Å². The lowest BCUT2D eigenvalue weighted by atomic mass is 9.68. The van der Waals surface area contributed by atoms with Gasteiger partial charge in [-0.25, -0.2) is 4.98 Å². The summed E-state index contributed by atoms with van der Waals surface area (Å²) in [7, 11) is 0. The van der Waals surface area contributed by atoms with E-state index in [-0.39, 0.29) is 45.0 Å². The predicted octanol–water partition coefficient (Wildman–Crippen LogP) is 18.8. The Morgan fingerprint density at radius 1 is 0.600 bits per heavy atom. The van der Waals surface area contributed by atoms with Crippen molar-refractivity contribution in [3.05, 3.63) is 166 Å². The number of hydrogen-bond acceptors (Lipinski definition) is 3. The summed E-state index contributed by atoms with van der Waals surface area (Å²) in [6.07, 6.45) is 5.50. The normalized spacial score (nSPS) is 14.1. The topological polar surface area (TPSA) is 50.9 Å². The summed E-state index contributed by atoms with van der Waals surface area (Å²) < 4.78 is 53.7. The number of para-hydroxylation sites is 1. The number of rotatable bonds is 14. The van der Waals surface area contributed by atoms with Crippen molar-refractivity contribution in [2.24, 2.45) is 0 Å². The minimum atomic E-state index is -2.55. The van der Waals surface area contributed by atoms with Crippen LogP contribution in [-0.2, 0) is 16.2 Å². The summed E-state index contributed by atoms with van der Waals surface area (Å²) in [4.78, 5) is 10.5. The van der Waals surface area contributed by atoms with E-state index in [1.165, 1.54) is 11.1 Å². The lowest BCUT2D eigenvalue weighted by molar-refractivity contribution is 0.426. The summed E-state index contributed by atoms with van der Waals surface area (Å²) >= 11 is 0. The first-order valence-electron chi connectivity index (χ1n) is 28.6. The number of phenolic OH excluding ortho intramolecular Hbond substituents is 1. The van der Waals surface area contributed by atoms with Crippen molar-refractivity contribution in [3.63, 3.8) is 0 Å². The molecule has 0 radical (unpaired) electrons. The third-order valence-corrected chi connectivity index (χ3v) is 15.8. The van der Waals surface area contributed by atoms with Crippen LogP contribution in [0, 0.1) is 13.7 Å². The standard InChI is InChI=1S/C66H77N3O/c1-16-65(14,17-2)55-23-21-24-56(66(15,18-3)19-4)60(55)47-30-31-58(44(10)34-47)69-59-25-20-22-52(61(59)68-63(69)54-39-48(41(5)6)38-53(42(7)8)62(54)70)49-35-50(37-51(36-49)64(11,12)13)57-40-46(32-33-67-57)45-28-26-43(9)27-29-45/h20-42,70H,16-19H2,1-15H3/i9D3,10D3. The monoisotopic (exact) mass is 934 g/mol. The Balaban J connectivity index is 1.44. The van der Waals surface area contributed by atoms with Gasteiger partial charge in [0.2, 0.25) is 0 Å². The highest BCUT2D eigenvalue weighted by Gasteiger charge is 2.33. The van der Waals surface area contributed by atoms with Crippen LogP contribution in [0.25, 0.3) is 72.7 Å². The number of phenols is 1. The van der Waals surface area contributed by atoms with E-state index >= 15 is 0 Å². The highest BCUT2D eigenvalue weighted by molar-refractivity contribution is 5.97. The molecule has 8 rings (SSSR count). The largest absolute Gasteiger partial charge is 0.507 e. The summed E-state index contributed by atoms with van der Waals surface area (Å²) in [6, 6.07) is 40.4. The maximum absolute atomic E-state index is 12.5. The number of pyridine rings is 1. The van der Waals surface area contributed by atoms with E-state index in [1.807, 2.05) is 59.2 Å². The maximum atomic E-state index is 12.5. The van der Waals surface area contributed by atoms with Gasteiger partial charge in [0.25, 0.3) is 0 Å². The molecule has 0 fully saturated rings. The Labute approximate surface area is 428 Å². The third-order valence-electron chi connectivity index (χ3n) is 15.8. The number of aryl methyl sites for hydroxylation is 2. The summed E-state index contributed by atoms with van der Waals surface area (Å²) in [5.74, 6) is 0.690. The van der Waals surface area contributed by atoms with Crippen molar-refractivity contribution < 1.29 is 13.3 Å². The van der Waals surface area contributed by atoms with Gasteiger partial charge in [0, 0.05) is 25.5 Å². The number of nitrogens with zero attached hydrogens (tertiary/aromatic N) is 3. The van der Waals surface area contributed by atoms with E-state index in [2.05, 4.69) is 145 Å². The molecule has 0 saturated carbocycles. The first kappa shape index (κ1) is 42.6. The molecule has 0 saturated heterocycles. The average molecular weight is 934 g/mol. The van der Waals surface area contributed by atoms with Crippen molar-refractivity contribution in [1.29, 1.82) is 0 Å². The van der Waals surface area contributed by atoms with Crippen molar-refractivity contribution in [1.82, 2.24) is 14.5 Å². The Hall–Kier alpha value is -6.26. The maximum Gasteiger partial charge on any atom is 0.149 e. The van der Waals surface area contributed by atoms with Crippen LogP contribution in [0.3, 0.4) is 0 Å². The molecule has 1 N–H and O–H groups in total. The van der Waals surface area contributed by atoms with E-state index in [1.54, 1.807) is 18.3 Å². The summed E-state index contributed by atoms with van der Waals surface area (Å²) in [6.45, 7) is 23.9. The first-order chi connectivity index (χ1) is 35.7. The Bertz CT molecular complexity index is 3380. The molecular weight excluding hydrogens is 851 g/mol. The van der Waals surface area contributed by atoms with Gasteiger partial charge >= 0.3 is 0 Å². The molecule has 2 aromatic heterocycles. The van der Waals surface area contributed by atoms with Gasteiger partial charge in [-0.15, -0.1) is 0 Å². The number of aromatic nitrogens is 3. The van der Waals surface area contributed by atoms with Crippen molar-refractivity contribution in [3.8, 4) is 67.5 Å². The van der Waals surface area contributed by atoms with Gasteiger partial charge in [-0.2, -0.15) is 0 Å². The highest BCUT2D eigenvalue weighted by Crippen LogP contribution is 2.48. The van der Waals surface area contributed by atoms with Crippen LogP contribution in [0.15, 0.2) is 128 Å². The molecule has 8 aromatic rings. The van der Waals surface area contributed by atoms with Crippen LogP contribution in [0.1, 0.15) is 175 Å². The van der Waals surface area contributed by atoms with Gasteiger partial charge in [0.1, 0.15) is 11.6 Å². The van der Waals surface area contributed by atoms with Gasteiger partial charge in [-0.3, -0.25) is 9.55 Å². The Kier molecular flexibility index (Phi) is 11.9. The van der Waals surface area contributed by atoms with Crippen molar-refractivity contribution >= 4 is 11.0 Å². The molecule has 0 atom stereocenters. The molecule has 0 unspecified atom stereocenters. The molecular formula is C66H77N3O. The SMILES string of the molecule is [2H]C([2H])([2H])c1ccc(-c2ccnc(-c3cc(-c4cccc5c4nc(-c4cc(C(C)C)cc(C(C)C)c4O)n5-c4ccc(-c5c(C(C)(CC)CC)cccc5C(C)(CC)CC)cc4C([2H])([2H])[2H])cc(C(C)(C)C)c3)c2)cc1. The zero-order valence-electron chi connectivity index (χ0n) is 49.9. The number of hydrogen-bond donors (Lipinski definition) is 1. The molecule has 0 amide bonds. The van der Waals surface area contributed by atoms with Gasteiger partial charge < -0.3 is 5.11 Å². The quantitative estimate of drug-likeness (QED) is 0.118. The number of imidazole rings is 1. The average Bonchev–Trinajstić information content (AvgIpc) is 3.79. The molecule has 70 heavy (non-hydrogen) atoms. The smallest absolute Gasteiger partial charge is 0.149 e. The molecule has 2 heterocycles. The van der Waals surface area contributed by atoms with Crippen LogP contribution < -0.4 is 0 Å². The Morgan fingerprint density at radius 3 is 1.84 bits per heavy atom. The van der Waals surface area contributed by atoms with Crippen LogP contribution in [0.4, 0.5) is 0 Å². The minimum absolute atomic E-state index is 0.00889. The van der Waals surface area contributed by atoms with E-state index in [4.69, 9.17) is 14.1 Å². The van der Waals surface area contributed by atoms with Gasteiger partial charge in [0.15, 0.2) is 0 Å². The van der Waals surface area contributed by atoms with E-state index < -0.39 is 13.7 Å². The lowest BCUT2D eigenvalue weighted by Gasteiger charge is -2.36. The molecule has 0 spiro atoms. The zero-order valence-corrected chi connectivity index (χ0v) is 43.9. The second-order valence-electron chi connectivity index (χ2n) is 21.8. The molecule has 4 heteroatoms. The van der Waals surface area contributed by atoms with E-state index in [0.29, 0.717) is 28.1 Å². The fourth-order valence-electron chi connectivity index (χ4n) is 10.2. The fourth-order valence-corrected chi connectivity index (χ4v) is 10.2. The van der Waals surface area contributed by atoms with E-state index in [0.717, 1.165) is 87.0 Å². The Morgan fingerprint density at radius 2 is 1.24 bits per heavy atom. The van der Waals surface area contributed by atoms with E-state index in [9.17, 15) is 9.22 Å². The van der Waals surface area contributed by atoms with Crippen LogP contribution in [0.2, 0.25) is 0 Å². The van der Waals surface area contributed by atoms with Gasteiger partial charge in [-0.1, -0.05) is 168 Å². The zero-order chi connectivity index (χ0) is 55.4. The number of aromatic hydroxyl groups is 1. The molecule has 0 aliphatic rings. The molecule has 362 valence electrons. The van der Waals surface area contributed by atoms with Crippen molar-refractivity contribution in [2.75, 3.05) is 0 Å². The summed E-state index contributed by atoms with van der Waals surface area (Å²) in [5, 5.41) is 12.5. The molecule has 4 nitrogen and oxygen atoms in total. The van der Waals surface area contributed by atoms with Crippen LogP contribution in [-0.4, -0.2) is 19.6 Å². The summed E-state index contributed by atoms with van der Waals surface area (Å²) in [5.41, 5.74) is 14.8. The second-order valence-corrected chi connectivity index (χ2v) is 21.8. The first-order valence-corrected chi connectivity index (χ1v) is 25.6. The fraction of sp³-hybridized carbons (Fsp3) is 0.364. The van der Waals surface area contributed by atoms with Crippen LogP contribution >= 0.6 is 0 Å². The lowest BCUT2D eigenvalue weighted by Crippen LogP contribution is -2.25.